The number of hydrogen-bond acceptors (Lipinski definition) is 5. The Kier molecular flexibility index (Phi) is 6.32. The van der Waals surface area contributed by atoms with E-state index < -0.39 is 9.84 Å². The molecule has 0 aliphatic carbocycles. The zero-order valence-electron chi connectivity index (χ0n) is 18.4. The van der Waals surface area contributed by atoms with Crippen LogP contribution >= 0.6 is 0 Å². The van der Waals surface area contributed by atoms with E-state index in [0.29, 0.717) is 10.6 Å². The van der Waals surface area contributed by atoms with Gasteiger partial charge in [0.1, 0.15) is 0 Å². The van der Waals surface area contributed by atoms with Crippen molar-refractivity contribution in [1.82, 2.24) is 15.1 Å². The number of aromatic nitrogens is 2. The highest BCUT2D eigenvalue weighted by Gasteiger charge is 2.23. The summed E-state index contributed by atoms with van der Waals surface area (Å²) in [5.74, 6) is -0.0593. The van der Waals surface area contributed by atoms with E-state index >= 15 is 0 Å². The summed E-state index contributed by atoms with van der Waals surface area (Å²) >= 11 is 0. The van der Waals surface area contributed by atoms with Crippen LogP contribution in [0, 0.1) is 6.92 Å². The van der Waals surface area contributed by atoms with E-state index in [0.717, 1.165) is 43.0 Å². The Morgan fingerprint density at radius 2 is 1.69 bits per heavy atom. The van der Waals surface area contributed by atoms with Gasteiger partial charge in [-0.15, -0.1) is 0 Å². The fraction of sp³-hybridized carbons (Fsp3) is 0.333. The first-order chi connectivity index (χ1) is 15.4. The molecular weight excluding hydrogens is 424 g/mol. The number of piperidine rings is 1. The summed E-state index contributed by atoms with van der Waals surface area (Å²) in [6.45, 7) is 5.17. The summed E-state index contributed by atoms with van der Waals surface area (Å²) in [4.78, 5) is 15.3. The Morgan fingerprint density at radius 1 is 1.03 bits per heavy atom. The Labute approximate surface area is 189 Å². The zero-order chi connectivity index (χ0) is 22.7. The fourth-order valence-corrected chi connectivity index (χ4v) is 4.87. The Balaban J connectivity index is 1.35. The minimum atomic E-state index is -3.19. The lowest BCUT2D eigenvalue weighted by atomic mass is 10.0. The first-order valence-corrected chi connectivity index (χ1v) is 12.5. The smallest absolute Gasteiger partial charge is 0.272 e. The van der Waals surface area contributed by atoms with Crippen LogP contribution in [-0.2, 0) is 9.84 Å². The second kappa shape index (κ2) is 9.16. The van der Waals surface area contributed by atoms with Crippen molar-refractivity contribution >= 4 is 21.4 Å². The van der Waals surface area contributed by atoms with Crippen molar-refractivity contribution < 1.29 is 13.2 Å². The molecule has 1 fully saturated rings. The van der Waals surface area contributed by atoms with E-state index in [-0.39, 0.29) is 17.7 Å². The molecule has 7 nitrogen and oxygen atoms in total. The molecule has 0 radical (unpaired) electrons. The number of para-hydroxylation sites is 1. The number of sulfone groups is 1. The number of aryl methyl sites for hydroxylation is 1. The summed E-state index contributed by atoms with van der Waals surface area (Å²) in [6, 6.07) is 18.7. The molecule has 1 aromatic heterocycles. The van der Waals surface area contributed by atoms with Crippen molar-refractivity contribution in [3.8, 4) is 5.69 Å². The molecule has 1 amide bonds. The number of hydrogen-bond donors (Lipinski definition) is 1. The number of nitrogens with one attached hydrogen (secondary N) is 1. The third-order valence-corrected chi connectivity index (χ3v) is 7.64. The third kappa shape index (κ3) is 4.70. The second-order valence-electron chi connectivity index (χ2n) is 8.05. The van der Waals surface area contributed by atoms with E-state index in [4.69, 9.17) is 0 Å². The van der Waals surface area contributed by atoms with Crippen molar-refractivity contribution in [2.45, 2.75) is 37.6 Å². The maximum atomic E-state index is 12.8. The normalized spacial score (nSPS) is 15.0. The molecule has 2 heterocycles. The summed E-state index contributed by atoms with van der Waals surface area (Å²) in [6.07, 6.45) is 1.64. The van der Waals surface area contributed by atoms with Crippen molar-refractivity contribution in [3.63, 3.8) is 0 Å². The van der Waals surface area contributed by atoms with Gasteiger partial charge in [-0.1, -0.05) is 25.1 Å². The quantitative estimate of drug-likeness (QED) is 0.620. The minimum Gasteiger partial charge on any atom is -0.371 e. The molecule has 32 heavy (non-hydrogen) atoms. The number of amides is 1. The predicted octanol–water partition coefficient (Wildman–Crippen LogP) is 3.37. The molecule has 4 rings (SSSR count). The van der Waals surface area contributed by atoms with Gasteiger partial charge in [-0.2, -0.15) is 5.10 Å². The Hall–Kier alpha value is -3.13. The van der Waals surface area contributed by atoms with Gasteiger partial charge in [0.05, 0.1) is 16.3 Å². The molecule has 3 aromatic rings. The first-order valence-electron chi connectivity index (χ1n) is 10.9. The summed E-state index contributed by atoms with van der Waals surface area (Å²) in [5, 5.41) is 7.60. The summed E-state index contributed by atoms with van der Waals surface area (Å²) in [5.41, 5.74) is 3.25. The molecular formula is C24H28N4O3S. The standard InChI is InChI=1S/C24H28N4O3S/c1-3-32(30,31)22-11-9-20(10-12-22)27-15-13-19(14-16-27)25-24(29)23-17-18(2)28(26-23)21-7-5-4-6-8-21/h4-12,17,19H,3,13-16H2,1-2H3,(H,25,29). The molecule has 168 valence electrons. The van der Waals surface area contributed by atoms with Crippen LogP contribution < -0.4 is 10.2 Å². The summed E-state index contributed by atoms with van der Waals surface area (Å²) < 4.78 is 25.8. The molecule has 8 heteroatoms. The highest BCUT2D eigenvalue weighted by atomic mass is 32.2. The highest BCUT2D eigenvalue weighted by molar-refractivity contribution is 7.91. The lowest BCUT2D eigenvalue weighted by molar-refractivity contribution is 0.0925. The van der Waals surface area contributed by atoms with E-state index in [2.05, 4.69) is 15.3 Å². The number of nitrogens with zero attached hydrogens (tertiary/aromatic N) is 3. The largest absolute Gasteiger partial charge is 0.371 e. The number of anilines is 1. The van der Waals surface area contributed by atoms with Gasteiger partial charge in [-0.3, -0.25) is 4.79 Å². The van der Waals surface area contributed by atoms with Crippen molar-refractivity contribution in [3.05, 3.63) is 72.1 Å². The van der Waals surface area contributed by atoms with Gasteiger partial charge in [0.25, 0.3) is 5.91 Å². The van der Waals surface area contributed by atoms with Gasteiger partial charge < -0.3 is 10.2 Å². The highest BCUT2D eigenvalue weighted by Crippen LogP contribution is 2.23. The molecule has 1 saturated heterocycles. The van der Waals surface area contributed by atoms with Crippen molar-refractivity contribution in [2.75, 3.05) is 23.7 Å². The number of carbonyl (C=O) groups excluding carboxylic acids is 1. The maximum absolute atomic E-state index is 12.8. The lowest BCUT2D eigenvalue weighted by Crippen LogP contribution is -2.44. The van der Waals surface area contributed by atoms with Crippen LogP contribution in [0.25, 0.3) is 5.69 Å². The van der Waals surface area contributed by atoms with Crippen LogP contribution in [0.3, 0.4) is 0 Å². The molecule has 2 aromatic carbocycles. The van der Waals surface area contributed by atoms with Crippen molar-refractivity contribution in [2.24, 2.45) is 0 Å². The van der Waals surface area contributed by atoms with Gasteiger partial charge in [0.15, 0.2) is 15.5 Å². The summed E-state index contributed by atoms with van der Waals surface area (Å²) in [7, 11) is -3.19. The van der Waals surface area contributed by atoms with Crippen LogP contribution in [0.2, 0.25) is 0 Å². The second-order valence-corrected chi connectivity index (χ2v) is 10.3. The van der Waals surface area contributed by atoms with E-state index in [1.165, 1.54) is 0 Å². The van der Waals surface area contributed by atoms with Gasteiger partial charge in [-0.05, 0) is 62.2 Å². The fourth-order valence-electron chi connectivity index (χ4n) is 3.99. The average molecular weight is 453 g/mol. The van der Waals surface area contributed by atoms with Gasteiger partial charge >= 0.3 is 0 Å². The molecule has 1 N–H and O–H groups in total. The van der Waals surface area contributed by atoms with E-state index in [9.17, 15) is 13.2 Å². The average Bonchev–Trinajstić information content (AvgIpc) is 3.22. The third-order valence-electron chi connectivity index (χ3n) is 5.89. The molecule has 0 atom stereocenters. The molecule has 1 aliphatic heterocycles. The van der Waals surface area contributed by atoms with Gasteiger partial charge in [0.2, 0.25) is 0 Å². The van der Waals surface area contributed by atoms with Crippen LogP contribution in [0.15, 0.2) is 65.6 Å². The topological polar surface area (TPSA) is 84.3 Å². The Bertz CT molecular complexity index is 1180. The monoisotopic (exact) mass is 452 g/mol. The van der Waals surface area contributed by atoms with Crippen LogP contribution in [0.4, 0.5) is 5.69 Å². The van der Waals surface area contributed by atoms with Gasteiger partial charge in [-0.25, -0.2) is 13.1 Å². The number of benzene rings is 2. The molecule has 0 bridgehead atoms. The van der Waals surface area contributed by atoms with Crippen LogP contribution in [0.5, 0.6) is 0 Å². The molecule has 0 spiro atoms. The number of carbonyl (C=O) groups is 1. The molecule has 0 unspecified atom stereocenters. The Morgan fingerprint density at radius 3 is 2.31 bits per heavy atom. The van der Waals surface area contributed by atoms with Crippen LogP contribution in [-0.4, -0.2) is 49.0 Å². The van der Waals surface area contributed by atoms with E-state index in [1.54, 1.807) is 23.7 Å². The SMILES string of the molecule is CCS(=O)(=O)c1ccc(N2CCC(NC(=O)c3cc(C)n(-c4ccccc4)n3)CC2)cc1. The van der Waals surface area contributed by atoms with Crippen LogP contribution in [0.1, 0.15) is 35.9 Å². The molecule has 1 aliphatic rings. The first kappa shape index (κ1) is 22.1. The minimum absolute atomic E-state index is 0.0840. The lowest BCUT2D eigenvalue weighted by Gasteiger charge is -2.34. The number of rotatable bonds is 6. The maximum Gasteiger partial charge on any atom is 0.272 e. The van der Waals surface area contributed by atoms with Gasteiger partial charge in [0, 0.05) is 30.5 Å². The van der Waals surface area contributed by atoms with E-state index in [1.807, 2.05) is 55.5 Å². The van der Waals surface area contributed by atoms with Crippen molar-refractivity contribution in [1.29, 1.82) is 0 Å². The zero-order valence-corrected chi connectivity index (χ0v) is 19.2. The predicted molar refractivity (Wildman–Crippen MR) is 125 cm³/mol. The molecule has 0 saturated carbocycles.